The molecule has 12 heavy (non-hydrogen) atoms. The van der Waals surface area contributed by atoms with Gasteiger partial charge in [0.15, 0.2) is 0 Å². The monoisotopic (exact) mass is 222 g/mol. The summed E-state index contributed by atoms with van der Waals surface area (Å²) in [5, 5.41) is 8.71. The maximum absolute atomic E-state index is 8.71. The van der Waals surface area contributed by atoms with E-state index >= 15 is 0 Å². The molecule has 6 heteroatoms. The third-order valence-corrected chi connectivity index (χ3v) is 2.08. The predicted octanol–water partition coefficient (Wildman–Crippen LogP) is 0.723. The molecule has 1 aliphatic rings. The second-order valence-electron chi connectivity index (χ2n) is 2.83. The van der Waals surface area contributed by atoms with E-state index in [1.807, 2.05) is 0 Å². The van der Waals surface area contributed by atoms with Crippen LogP contribution in [0.5, 0.6) is 0 Å². The minimum absolute atomic E-state index is 0.0797. The summed E-state index contributed by atoms with van der Waals surface area (Å²) in [6, 6.07) is 0. The Morgan fingerprint density at radius 2 is 1.92 bits per heavy atom. The summed E-state index contributed by atoms with van der Waals surface area (Å²) in [4.78, 5) is 9.35. The van der Waals surface area contributed by atoms with Gasteiger partial charge in [-0.1, -0.05) is 0 Å². The van der Waals surface area contributed by atoms with Gasteiger partial charge in [0, 0.05) is 0 Å². The third-order valence-electron chi connectivity index (χ3n) is 1.89. The Balaban J connectivity index is 2.05. The fourth-order valence-corrected chi connectivity index (χ4v) is 1.34. The Morgan fingerprint density at radius 3 is 2.50 bits per heavy atom. The van der Waals surface area contributed by atoms with Crippen LogP contribution < -0.4 is 0 Å². The summed E-state index contributed by atoms with van der Waals surface area (Å²) in [5.74, 6) is 0. The van der Waals surface area contributed by atoms with E-state index in [2.05, 4.69) is 24.9 Å². The van der Waals surface area contributed by atoms with Crippen LogP contribution in [-0.4, -0.2) is 18.4 Å². The van der Waals surface area contributed by atoms with Gasteiger partial charge in [0.25, 0.3) is 0 Å². The van der Waals surface area contributed by atoms with Crippen LogP contribution in [0.4, 0.5) is 0 Å². The van der Waals surface area contributed by atoms with Crippen molar-refractivity contribution in [1.82, 2.24) is 0 Å². The van der Waals surface area contributed by atoms with E-state index in [9.17, 15) is 0 Å². The van der Waals surface area contributed by atoms with Crippen LogP contribution in [0.25, 0.3) is 0 Å². The molecule has 1 rings (SSSR count). The molecule has 1 N–H and O–H groups in total. The summed E-state index contributed by atoms with van der Waals surface area (Å²) in [6.07, 6.45) is 5.58. The summed E-state index contributed by atoms with van der Waals surface area (Å²) < 4.78 is 4.01. The van der Waals surface area contributed by atoms with Crippen molar-refractivity contribution in [3.8, 4) is 0 Å². The topological polar surface area (TPSA) is 47.9 Å². The molecule has 74 valence electrons. The van der Waals surface area contributed by atoms with Crippen LogP contribution in [0.2, 0.25) is 0 Å². The van der Waals surface area contributed by atoms with E-state index in [1.165, 1.54) is 6.42 Å². The normalized spacial score (nSPS) is 19.6. The van der Waals surface area contributed by atoms with Crippen molar-refractivity contribution < 1.29 is 34.8 Å². The minimum atomic E-state index is -1.45. The van der Waals surface area contributed by atoms with Crippen molar-refractivity contribution in [2.45, 2.75) is 38.2 Å². The standard InChI is InChI=1S/C6H12BO4.Cu/c8-7(9)11-10-6-4-2-1-3-5-6;/h6,8H,1-5H2;/q-1;+1. The quantitative estimate of drug-likeness (QED) is 0.433. The first-order valence-electron chi connectivity index (χ1n) is 4.07. The summed E-state index contributed by atoms with van der Waals surface area (Å²) in [7, 11) is -1.45. The first-order chi connectivity index (χ1) is 5.83. The molecule has 0 aromatic rings. The fourth-order valence-electron chi connectivity index (χ4n) is 1.30. The Labute approximate surface area is 80.8 Å². The van der Waals surface area contributed by atoms with Gasteiger partial charge >= 0.3 is 80.3 Å². The molecule has 0 heterocycles. The molecule has 1 aliphatic carbocycles. The van der Waals surface area contributed by atoms with Gasteiger partial charge in [-0.3, -0.25) is 0 Å². The molecule has 0 aliphatic heterocycles. The zero-order chi connectivity index (χ0) is 8.81. The average molecular weight is 223 g/mol. The van der Waals surface area contributed by atoms with Crippen LogP contribution in [-0.2, 0) is 29.8 Å². The molecule has 0 atom stereocenters. The zero-order valence-electron chi connectivity index (χ0n) is 6.66. The average Bonchev–Trinajstić information content (AvgIpc) is 2.16. The fraction of sp³-hybridized carbons (Fsp3) is 1.00. The molecule has 1 fully saturated rings. The zero-order valence-corrected chi connectivity index (χ0v) is 7.61. The van der Waals surface area contributed by atoms with Gasteiger partial charge in [-0.2, -0.15) is 0 Å². The second kappa shape index (κ2) is 5.97. The Kier molecular flexibility index (Phi) is 5.22. The first kappa shape index (κ1) is 10.5. The maximum atomic E-state index is 8.71. The van der Waals surface area contributed by atoms with Gasteiger partial charge in [-0.15, -0.1) is 0 Å². The van der Waals surface area contributed by atoms with E-state index in [0.29, 0.717) is 0 Å². The molecule has 0 unspecified atom stereocenters. The molecule has 1 saturated carbocycles. The van der Waals surface area contributed by atoms with Crippen molar-refractivity contribution in [3.05, 3.63) is 0 Å². The van der Waals surface area contributed by atoms with E-state index < -0.39 is 7.32 Å². The second-order valence-corrected chi connectivity index (χ2v) is 3.05. The Morgan fingerprint density at radius 1 is 1.25 bits per heavy atom. The molecule has 0 aromatic heterocycles. The van der Waals surface area contributed by atoms with Crippen molar-refractivity contribution in [1.29, 1.82) is 0 Å². The van der Waals surface area contributed by atoms with Crippen LogP contribution in [0, 0.1) is 0 Å². The van der Waals surface area contributed by atoms with E-state index in [1.54, 1.807) is 0 Å². The predicted molar refractivity (Wildman–Crippen MR) is 38.1 cm³/mol. The number of hydrogen-bond acceptors (Lipinski definition) is 4. The number of hydrogen-bond donors (Lipinski definition) is 1. The van der Waals surface area contributed by atoms with Gasteiger partial charge in [-0.05, 0) is 0 Å². The van der Waals surface area contributed by atoms with Crippen LogP contribution >= 0.6 is 0 Å². The molecule has 0 amide bonds. The van der Waals surface area contributed by atoms with Crippen LogP contribution in [0.15, 0.2) is 0 Å². The van der Waals surface area contributed by atoms with E-state index in [4.69, 9.17) is 9.91 Å². The Hall–Kier alpha value is 0.424. The molecule has 0 bridgehead atoms. The molecular formula is C6H12BCuO4. The van der Waals surface area contributed by atoms with E-state index in [-0.39, 0.29) is 6.10 Å². The number of rotatable bonds is 4. The van der Waals surface area contributed by atoms with Crippen molar-refractivity contribution in [3.63, 3.8) is 0 Å². The molecule has 0 spiro atoms. The van der Waals surface area contributed by atoms with Crippen molar-refractivity contribution in [2.24, 2.45) is 0 Å². The third kappa shape index (κ3) is 3.89. The van der Waals surface area contributed by atoms with E-state index in [0.717, 1.165) is 25.7 Å². The summed E-state index contributed by atoms with van der Waals surface area (Å²) in [6.45, 7) is 0. The van der Waals surface area contributed by atoms with Gasteiger partial charge in [0.1, 0.15) is 0 Å². The SMILES string of the molecule is OB([O][Cu])OOC1CCCCC1. The van der Waals surface area contributed by atoms with Gasteiger partial charge in [-0.25, -0.2) is 0 Å². The van der Waals surface area contributed by atoms with Gasteiger partial charge in [0.2, 0.25) is 0 Å². The molecule has 0 aromatic carbocycles. The molecule has 0 saturated heterocycles. The molecule has 0 radical (unpaired) electrons. The summed E-state index contributed by atoms with van der Waals surface area (Å²) in [5.41, 5.74) is 0. The van der Waals surface area contributed by atoms with Crippen LogP contribution in [0.1, 0.15) is 32.1 Å². The van der Waals surface area contributed by atoms with Crippen molar-refractivity contribution in [2.75, 3.05) is 0 Å². The van der Waals surface area contributed by atoms with Gasteiger partial charge in [0.05, 0.1) is 0 Å². The van der Waals surface area contributed by atoms with Gasteiger partial charge < -0.3 is 0 Å². The first-order valence-corrected chi connectivity index (χ1v) is 4.46. The van der Waals surface area contributed by atoms with Crippen LogP contribution in [0.3, 0.4) is 0 Å². The Bertz CT molecular complexity index is 120. The van der Waals surface area contributed by atoms with Crippen molar-refractivity contribution >= 4 is 7.32 Å². The molecular weight excluding hydrogens is 210 g/mol. The summed E-state index contributed by atoms with van der Waals surface area (Å²) >= 11 is 4.22. The molecule has 4 nitrogen and oxygen atoms in total.